The van der Waals surface area contributed by atoms with Crippen LogP contribution in [0.25, 0.3) is 5.57 Å². The van der Waals surface area contributed by atoms with E-state index in [1.54, 1.807) is 19.1 Å². The van der Waals surface area contributed by atoms with Gasteiger partial charge in [0, 0.05) is 50.5 Å². The number of benzene rings is 2. The van der Waals surface area contributed by atoms with Gasteiger partial charge < -0.3 is 14.7 Å². The van der Waals surface area contributed by atoms with Gasteiger partial charge in [-0.2, -0.15) is 5.26 Å². The van der Waals surface area contributed by atoms with E-state index in [9.17, 15) is 9.59 Å². The molecule has 3 aromatic rings. The zero-order chi connectivity index (χ0) is 41.3. The maximum absolute atomic E-state index is 13.4. The third-order valence-electron chi connectivity index (χ3n) is 13.4. The van der Waals surface area contributed by atoms with Crippen molar-refractivity contribution in [3.63, 3.8) is 0 Å². The molecular weight excluding hydrogens is 726 g/mol. The summed E-state index contributed by atoms with van der Waals surface area (Å²) in [7, 11) is 0. The molecule has 0 spiro atoms. The predicted octanol–water partition coefficient (Wildman–Crippen LogP) is 11.7. The van der Waals surface area contributed by atoms with Crippen molar-refractivity contribution in [2.24, 2.45) is 29.1 Å². The van der Waals surface area contributed by atoms with Crippen LogP contribution >= 0.6 is 11.6 Å². The number of Topliss-reactive ketones (excluding diaryl/α,β-unsaturated/α-hetero) is 1. The van der Waals surface area contributed by atoms with E-state index in [4.69, 9.17) is 16.9 Å². The van der Waals surface area contributed by atoms with Crippen LogP contribution in [-0.2, 0) is 0 Å². The summed E-state index contributed by atoms with van der Waals surface area (Å²) >= 11 is 5.71. The summed E-state index contributed by atoms with van der Waals surface area (Å²) < 4.78 is 0. The summed E-state index contributed by atoms with van der Waals surface area (Å²) in [5, 5.41) is 9.00. The van der Waals surface area contributed by atoms with Gasteiger partial charge in [0.15, 0.2) is 5.78 Å². The van der Waals surface area contributed by atoms with Crippen LogP contribution in [0.4, 0.5) is 11.4 Å². The SMILES string of the molecule is C=C(c1ccc(N2CC(C3CCN(C(=O)c4ccc(N5CCC(CC)(CC(C)CCC)CC5)cn4)CC3)C2)cc1C(C)=O)C(C)CC.Cc1ccc(C#N)c(Cl)c1. The summed E-state index contributed by atoms with van der Waals surface area (Å²) in [5.41, 5.74) is 7.75. The normalized spacial score (nSPS) is 18.1. The lowest BCUT2D eigenvalue weighted by molar-refractivity contribution is 0.0637. The average Bonchev–Trinajstić information content (AvgIpc) is 3.20. The van der Waals surface area contributed by atoms with Crippen LogP contribution in [0.15, 0.2) is 61.3 Å². The Morgan fingerprint density at radius 1 is 0.930 bits per heavy atom. The summed E-state index contributed by atoms with van der Waals surface area (Å²) in [6.07, 6.45) is 12.7. The molecule has 3 fully saturated rings. The molecule has 4 heterocycles. The second kappa shape index (κ2) is 20.0. The number of carbonyl (C=O) groups excluding carboxylic acids is 2. The minimum absolute atomic E-state index is 0.0645. The fraction of sp³-hybridized carbons (Fsp3) is 0.551. The summed E-state index contributed by atoms with van der Waals surface area (Å²) in [5.74, 6) is 2.58. The van der Waals surface area contributed by atoms with Gasteiger partial charge in [-0.15, -0.1) is 0 Å². The van der Waals surface area contributed by atoms with E-state index in [0.717, 1.165) is 98.1 Å². The van der Waals surface area contributed by atoms with Crippen LogP contribution in [0.5, 0.6) is 0 Å². The number of anilines is 2. The molecule has 0 aliphatic carbocycles. The smallest absolute Gasteiger partial charge is 0.272 e. The number of amides is 1. The molecule has 7 nitrogen and oxygen atoms in total. The lowest BCUT2D eigenvalue weighted by Gasteiger charge is -2.47. The van der Waals surface area contributed by atoms with Crippen molar-refractivity contribution in [1.29, 1.82) is 5.26 Å². The van der Waals surface area contributed by atoms with Gasteiger partial charge in [0.25, 0.3) is 5.91 Å². The van der Waals surface area contributed by atoms with Crippen LogP contribution in [0.3, 0.4) is 0 Å². The van der Waals surface area contributed by atoms with Crippen LogP contribution < -0.4 is 9.80 Å². The van der Waals surface area contributed by atoms with Gasteiger partial charge in [0.2, 0.25) is 0 Å². The fourth-order valence-electron chi connectivity index (χ4n) is 9.26. The lowest BCUT2D eigenvalue weighted by Crippen LogP contribution is -2.52. The minimum Gasteiger partial charge on any atom is -0.371 e. The second-order valence-corrected chi connectivity index (χ2v) is 17.8. The van der Waals surface area contributed by atoms with Gasteiger partial charge >= 0.3 is 0 Å². The average molecular weight is 793 g/mol. The molecule has 2 aromatic carbocycles. The standard InChI is InChI=1S/C41H60N4O2.C8H6ClN/c1-8-11-29(4)25-41(10-3)18-22-43(23-19-41)36-13-15-39(42-26-36)40(47)44-20-16-33(17-21-44)34-27-45(28-34)35-12-14-37(31(6)30(5)9-2)38(24-35)32(7)46;1-6-2-3-7(5-10)8(9)4-6/h12-15,24,26,29-30,33-34H,6,8-11,16-23,25,27-28H2,1-5,7H3;2-4H,1H3. The second-order valence-electron chi connectivity index (χ2n) is 17.4. The Morgan fingerprint density at radius 3 is 2.18 bits per heavy atom. The van der Waals surface area contributed by atoms with Crippen molar-refractivity contribution >= 4 is 40.2 Å². The Hall–Kier alpha value is -4.15. The first-order valence-corrected chi connectivity index (χ1v) is 21.9. The minimum atomic E-state index is 0.0645. The zero-order valence-electron chi connectivity index (χ0n) is 35.7. The molecule has 306 valence electrons. The first-order chi connectivity index (χ1) is 27.3. The monoisotopic (exact) mass is 791 g/mol. The number of nitrogens with zero attached hydrogens (tertiary/aromatic N) is 5. The number of aromatic nitrogens is 1. The molecule has 1 aromatic heterocycles. The predicted molar refractivity (Wildman–Crippen MR) is 237 cm³/mol. The van der Waals surface area contributed by atoms with Gasteiger partial charge in [-0.25, -0.2) is 4.98 Å². The number of hydrogen-bond donors (Lipinski definition) is 0. The number of hydrogen-bond acceptors (Lipinski definition) is 6. The molecule has 1 amide bonds. The van der Waals surface area contributed by atoms with E-state index in [0.29, 0.717) is 39.4 Å². The van der Waals surface area contributed by atoms with E-state index in [-0.39, 0.29) is 11.7 Å². The number of ketones is 1. The lowest BCUT2D eigenvalue weighted by atomic mass is 9.70. The Morgan fingerprint density at radius 2 is 1.61 bits per heavy atom. The summed E-state index contributed by atoms with van der Waals surface area (Å²) in [6, 6.07) is 17.7. The van der Waals surface area contributed by atoms with Gasteiger partial charge in [0.1, 0.15) is 11.8 Å². The molecule has 0 bridgehead atoms. The zero-order valence-corrected chi connectivity index (χ0v) is 36.5. The molecule has 0 saturated carbocycles. The Kier molecular flexibility index (Phi) is 15.4. The van der Waals surface area contributed by atoms with E-state index in [1.807, 2.05) is 36.2 Å². The van der Waals surface area contributed by atoms with Crippen molar-refractivity contribution in [2.45, 2.75) is 106 Å². The molecule has 3 aliphatic rings. The number of aryl methyl sites for hydroxylation is 1. The number of pyridine rings is 1. The molecule has 2 unspecified atom stereocenters. The van der Waals surface area contributed by atoms with Crippen molar-refractivity contribution in [2.75, 3.05) is 49.1 Å². The van der Waals surface area contributed by atoms with Gasteiger partial charge in [-0.05, 0) is 135 Å². The van der Waals surface area contributed by atoms with Crippen LogP contribution in [0.1, 0.15) is 137 Å². The molecule has 8 heteroatoms. The fourth-order valence-corrected chi connectivity index (χ4v) is 9.53. The molecule has 0 radical (unpaired) electrons. The first-order valence-electron chi connectivity index (χ1n) is 21.6. The third-order valence-corrected chi connectivity index (χ3v) is 13.7. The molecule has 0 N–H and O–H groups in total. The number of carbonyl (C=O) groups is 2. The van der Waals surface area contributed by atoms with Crippen molar-refractivity contribution in [1.82, 2.24) is 9.88 Å². The number of likely N-dealkylation sites (tertiary alicyclic amines) is 1. The summed E-state index contributed by atoms with van der Waals surface area (Å²) in [4.78, 5) is 37.5. The number of piperidine rings is 2. The first kappa shape index (κ1) is 44.0. The Balaban J connectivity index is 0.000000540. The summed E-state index contributed by atoms with van der Waals surface area (Å²) in [6.45, 7) is 25.1. The highest BCUT2D eigenvalue weighted by Crippen LogP contribution is 2.43. The highest BCUT2D eigenvalue weighted by Gasteiger charge is 2.37. The number of rotatable bonds is 13. The Bertz CT molecular complexity index is 1880. The molecule has 3 aliphatic heterocycles. The molecule has 3 saturated heterocycles. The van der Waals surface area contributed by atoms with E-state index in [2.05, 4.69) is 80.2 Å². The Labute approximate surface area is 348 Å². The topological polar surface area (TPSA) is 80.5 Å². The maximum atomic E-state index is 13.4. The van der Waals surface area contributed by atoms with Gasteiger partial charge in [-0.3, -0.25) is 9.59 Å². The number of nitriles is 1. The molecule has 6 rings (SSSR count). The molecule has 57 heavy (non-hydrogen) atoms. The number of halogens is 1. The van der Waals surface area contributed by atoms with Crippen molar-refractivity contribution in [3.05, 3.63) is 94.3 Å². The van der Waals surface area contributed by atoms with E-state index < -0.39 is 0 Å². The van der Waals surface area contributed by atoms with Crippen LogP contribution in [0, 0.1) is 47.3 Å². The van der Waals surface area contributed by atoms with Crippen molar-refractivity contribution in [3.8, 4) is 6.07 Å². The number of allylic oxidation sites excluding steroid dienone is 1. The largest absolute Gasteiger partial charge is 0.371 e. The van der Waals surface area contributed by atoms with E-state index >= 15 is 0 Å². The van der Waals surface area contributed by atoms with Crippen LogP contribution in [-0.4, -0.2) is 60.8 Å². The van der Waals surface area contributed by atoms with Crippen molar-refractivity contribution < 1.29 is 9.59 Å². The van der Waals surface area contributed by atoms with E-state index in [1.165, 1.54) is 38.5 Å². The maximum Gasteiger partial charge on any atom is 0.272 e. The molecular formula is C49H66ClN5O2. The van der Waals surface area contributed by atoms with Gasteiger partial charge in [-0.1, -0.05) is 84.2 Å². The van der Waals surface area contributed by atoms with Crippen LogP contribution in [0.2, 0.25) is 5.02 Å². The van der Waals surface area contributed by atoms with Gasteiger partial charge in [0.05, 0.1) is 22.5 Å². The highest BCUT2D eigenvalue weighted by atomic mass is 35.5. The highest BCUT2D eigenvalue weighted by molar-refractivity contribution is 6.31. The molecule has 2 atom stereocenters. The third kappa shape index (κ3) is 10.9. The quantitative estimate of drug-likeness (QED) is 0.160.